The van der Waals surface area contributed by atoms with Crippen molar-refractivity contribution in [2.45, 2.75) is 25.6 Å². The van der Waals surface area contributed by atoms with Crippen LogP contribution in [0.1, 0.15) is 11.1 Å². The van der Waals surface area contributed by atoms with Gasteiger partial charge < -0.3 is 15.9 Å². The number of nitrogens with one attached hydrogen (secondary N) is 1. The van der Waals surface area contributed by atoms with Gasteiger partial charge in [-0.1, -0.05) is 29.4 Å². The van der Waals surface area contributed by atoms with Gasteiger partial charge in [-0.15, -0.1) is 10.2 Å². The van der Waals surface area contributed by atoms with E-state index in [-0.39, 0.29) is 17.4 Å². The lowest BCUT2D eigenvalue weighted by Crippen LogP contribution is -2.17. The average Bonchev–Trinajstić information content (AvgIpc) is 3.03. The highest BCUT2D eigenvalue weighted by atomic mass is 35.5. The number of alkyl halides is 2. The molecular formula is C19H18ClF2N5O2S. The molecule has 0 atom stereocenters. The second-order valence-corrected chi connectivity index (χ2v) is 7.70. The second kappa shape index (κ2) is 9.31. The van der Waals surface area contributed by atoms with Crippen molar-refractivity contribution in [1.29, 1.82) is 0 Å². The molecule has 30 heavy (non-hydrogen) atoms. The molecule has 3 aromatic rings. The van der Waals surface area contributed by atoms with Gasteiger partial charge in [-0.2, -0.15) is 8.78 Å². The summed E-state index contributed by atoms with van der Waals surface area (Å²) in [4.78, 5) is 12.3. The van der Waals surface area contributed by atoms with Crippen LogP contribution in [0.5, 0.6) is 5.75 Å². The van der Waals surface area contributed by atoms with E-state index in [1.165, 1.54) is 28.9 Å². The molecule has 1 amide bonds. The summed E-state index contributed by atoms with van der Waals surface area (Å²) < 4.78 is 30.0. The SMILES string of the molecule is Cc1cc(C)c(NC(=O)CSc2nnc(-c3ccc(OC(F)F)cc3)n2N)c(Cl)c1. The highest BCUT2D eigenvalue weighted by Crippen LogP contribution is 2.28. The van der Waals surface area contributed by atoms with Crippen molar-refractivity contribution in [2.24, 2.45) is 0 Å². The molecule has 7 nitrogen and oxygen atoms in total. The number of anilines is 1. The van der Waals surface area contributed by atoms with Crippen LogP contribution < -0.4 is 15.9 Å². The summed E-state index contributed by atoms with van der Waals surface area (Å²) in [6.07, 6.45) is 0. The highest BCUT2D eigenvalue weighted by molar-refractivity contribution is 7.99. The molecular weight excluding hydrogens is 436 g/mol. The molecule has 3 N–H and O–H groups in total. The number of nitrogens with two attached hydrogens (primary N) is 1. The monoisotopic (exact) mass is 453 g/mol. The molecule has 11 heteroatoms. The smallest absolute Gasteiger partial charge is 0.387 e. The molecule has 0 bridgehead atoms. The van der Waals surface area contributed by atoms with Crippen LogP contribution in [0.4, 0.5) is 14.5 Å². The van der Waals surface area contributed by atoms with Gasteiger partial charge in [0.15, 0.2) is 5.82 Å². The zero-order valence-electron chi connectivity index (χ0n) is 16.0. The Morgan fingerprint density at radius 2 is 1.97 bits per heavy atom. The molecule has 0 aliphatic rings. The number of thioether (sulfide) groups is 1. The Kier molecular flexibility index (Phi) is 6.78. The minimum absolute atomic E-state index is 0.0215. The number of aromatic nitrogens is 3. The molecule has 0 unspecified atom stereocenters. The number of nitrogens with zero attached hydrogens (tertiary/aromatic N) is 3. The van der Waals surface area contributed by atoms with Crippen molar-refractivity contribution in [3.63, 3.8) is 0 Å². The molecule has 158 valence electrons. The van der Waals surface area contributed by atoms with Crippen molar-refractivity contribution < 1.29 is 18.3 Å². The first-order valence-electron chi connectivity index (χ1n) is 8.69. The Bertz CT molecular complexity index is 1040. The zero-order chi connectivity index (χ0) is 21.8. The Labute approximate surface area is 180 Å². The van der Waals surface area contributed by atoms with Gasteiger partial charge in [-0.05, 0) is 55.3 Å². The molecule has 0 radical (unpaired) electrons. The number of carbonyl (C=O) groups is 1. The van der Waals surface area contributed by atoms with E-state index in [2.05, 4.69) is 20.3 Å². The fraction of sp³-hybridized carbons (Fsp3) is 0.211. The fourth-order valence-electron chi connectivity index (χ4n) is 2.74. The number of nitrogen functional groups attached to an aromatic ring is 1. The third-order valence-electron chi connectivity index (χ3n) is 4.03. The van der Waals surface area contributed by atoms with Crippen LogP contribution in [-0.4, -0.2) is 33.1 Å². The lowest BCUT2D eigenvalue weighted by Gasteiger charge is -2.11. The van der Waals surface area contributed by atoms with Gasteiger partial charge >= 0.3 is 6.61 Å². The van der Waals surface area contributed by atoms with E-state index >= 15 is 0 Å². The van der Waals surface area contributed by atoms with Crippen LogP contribution in [-0.2, 0) is 4.79 Å². The number of ether oxygens (including phenoxy) is 1. The predicted octanol–water partition coefficient (Wildman–Crippen LogP) is 4.26. The normalized spacial score (nSPS) is 11.0. The first kappa shape index (κ1) is 21.8. The van der Waals surface area contributed by atoms with E-state index in [9.17, 15) is 13.6 Å². The number of carbonyl (C=O) groups excluding carboxylic acids is 1. The van der Waals surface area contributed by atoms with Gasteiger partial charge in [0.05, 0.1) is 16.5 Å². The lowest BCUT2D eigenvalue weighted by molar-refractivity contribution is -0.113. The molecule has 3 rings (SSSR count). The molecule has 2 aromatic carbocycles. The Balaban J connectivity index is 1.65. The molecule has 0 saturated carbocycles. The minimum Gasteiger partial charge on any atom is -0.435 e. The van der Waals surface area contributed by atoms with E-state index in [0.717, 1.165) is 22.9 Å². The summed E-state index contributed by atoms with van der Waals surface area (Å²) in [5, 5.41) is 11.6. The molecule has 0 spiro atoms. The van der Waals surface area contributed by atoms with Gasteiger partial charge in [-0.3, -0.25) is 4.79 Å². The number of benzene rings is 2. The highest BCUT2D eigenvalue weighted by Gasteiger charge is 2.16. The fourth-order valence-corrected chi connectivity index (χ4v) is 3.76. The number of amides is 1. The summed E-state index contributed by atoms with van der Waals surface area (Å²) in [5.74, 6) is 6.13. The topological polar surface area (TPSA) is 95.1 Å². The maximum absolute atomic E-state index is 12.3. The first-order chi connectivity index (χ1) is 14.2. The van der Waals surface area contributed by atoms with Crippen molar-refractivity contribution in [2.75, 3.05) is 16.9 Å². The van der Waals surface area contributed by atoms with Crippen molar-refractivity contribution in [3.8, 4) is 17.1 Å². The van der Waals surface area contributed by atoms with Crippen LogP contribution >= 0.6 is 23.4 Å². The van der Waals surface area contributed by atoms with Crippen molar-refractivity contribution >= 4 is 35.0 Å². The Morgan fingerprint density at radius 1 is 1.27 bits per heavy atom. The third kappa shape index (κ3) is 5.19. The third-order valence-corrected chi connectivity index (χ3v) is 5.27. The number of aryl methyl sites for hydroxylation is 2. The maximum atomic E-state index is 12.3. The van der Waals surface area contributed by atoms with Gasteiger partial charge in [0.1, 0.15) is 5.75 Å². The van der Waals surface area contributed by atoms with Gasteiger partial charge in [0.2, 0.25) is 11.1 Å². The van der Waals surface area contributed by atoms with E-state index in [4.69, 9.17) is 17.4 Å². The largest absolute Gasteiger partial charge is 0.435 e. The van der Waals surface area contributed by atoms with Crippen LogP contribution in [0, 0.1) is 13.8 Å². The molecule has 0 aliphatic heterocycles. The maximum Gasteiger partial charge on any atom is 0.387 e. The van der Waals surface area contributed by atoms with Crippen LogP contribution in [0.3, 0.4) is 0 Å². The summed E-state index contributed by atoms with van der Waals surface area (Å²) in [5.41, 5.74) is 2.99. The molecule has 0 saturated heterocycles. The van der Waals surface area contributed by atoms with E-state index in [0.29, 0.717) is 27.3 Å². The first-order valence-corrected chi connectivity index (χ1v) is 10.1. The summed E-state index contributed by atoms with van der Waals surface area (Å²) in [7, 11) is 0. The number of hydrogen-bond donors (Lipinski definition) is 2. The standard InChI is InChI=1S/C19H18ClF2N5O2S/c1-10-7-11(2)16(14(20)8-10)24-15(28)9-30-19-26-25-17(27(19)23)12-3-5-13(6-4-12)29-18(21)22/h3-8,18H,9,23H2,1-2H3,(H,24,28). The van der Waals surface area contributed by atoms with E-state index < -0.39 is 6.61 Å². The van der Waals surface area contributed by atoms with Crippen LogP contribution in [0.25, 0.3) is 11.4 Å². The number of rotatable bonds is 7. The molecule has 1 heterocycles. The average molecular weight is 454 g/mol. The summed E-state index contributed by atoms with van der Waals surface area (Å²) in [6, 6.07) is 9.53. The summed E-state index contributed by atoms with van der Waals surface area (Å²) in [6.45, 7) is 0.884. The van der Waals surface area contributed by atoms with Gasteiger partial charge in [0, 0.05) is 5.56 Å². The second-order valence-electron chi connectivity index (χ2n) is 6.35. The molecule has 0 fully saturated rings. The molecule has 1 aromatic heterocycles. The quantitative estimate of drug-likeness (QED) is 0.410. The number of halogens is 3. The van der Waals surface area contributed by atoms with E-state index in [1.807, 2.05) is 19.9 Å². The lowest BCUT2D eigenvalue weighted by atomic mass is 10.1. The van der Waals surface area contributed by atoms with Crippen molar-refractivity contribution in [1.82, 2.24) is 14.9 Å². The van der Waals surface area contributed by atoms with E-state index in [1.54, 1.807) is 6.07 Å². The van der Waals surface area contributed by atoms with Crippen LogP contribution in [0.15, 0.2) is 41.6 Å². The van der Waals surface area contributed by atoms with Crippen molar-refractivity contribution in [3.05, 3.63) is 52.5 Å². The van der Waals surface area contributed by atoms with Crippen LogP contribution in [0.2, 0.25) is 5.02 Å². The molecule has 0 aliphatic carbocycles. The minimum atomic E-state index is -2.90. The van der Waals surface area contributed by atoms with Gasteiger partial charge in [-0.25, -0.2) is 4.68 Å². The Hall–Kier alpha value is -2.85. The zero-order valence-corrected chi connectivity index (χ0v) is 17.6. The number of hydrogen-bond acceptors (Lipinski definition) is 6. The predicted molar refractivity (Wildman–Crippen MR) is 113 cm³/mol. The summed E-state index contributed by atoms with van der Waals surface area (Å²) >= 11 is 7.31. The van der Waals surface area contributed by atoms with Gasteiger partial charge in [0.25, 0.3) is 0 Å². The Morgan fingerprint density at radius 3 is 2.60 bits per heavy atom.